The lowest BCUT2D eigenvalue weighted by molar-refractivity contribution is 0.219. The van der Waals surface area contributed by atoms with Crippen LogP contribution in [0.3, 0.4) is 0 Å². The Hall–Kier alpha value is -2.73. The molecule has 7 nitrogen and oxygen atoms in total. The number of hydrogen-bond donors (Lipinski definition) is 0. The SMILES string of the molecule is CCOP(=O)(Cc1ccc(Cn2c3ccc(OC)cc3c3ncncc32)cc1)OCC. The van der Waals surface area contributed by atoms with Crippen LogP contribution < -0.4 is 4.74 Å². The summed E-state index contributed by atoms with van der Waals surface area (Å²) in [5.74, 6) is 0.794. The van der Waals surface area contributed by atoms with Crippen molar-refractivity contribution < 1.29 is 18.3 Å². The highest BCUT2D eigenvalue weighted by Crippen LogP contribution is 2.51. The lowest BCUT2D eigenvalue weighted by atomic mass is 10.1. The summed E-state index contributed by atoms with van der Waals surface area (Å²) < 4.78 is 31.2. The van der Waals surface area contributed by atoms with Crippen molar-refractivity contribution in [2.75, 3.05) is 20.3 Å². The fourth-order valence-electron chi connectivity index (χ4n) is 3.77. The Balaban J connectivity index is 1.64. The molecular formula is C23H26N3O4P. The van der Waals surface area contributed by atoms with Gasteiger partial charge in [0.1, 0.15) is 12.1 Å². The van der Waals surface area contributed by atoms with Crippen LogP contribution in [0.5, 0.6) is 5.75 Å². The summed E-state index contributed by atoms with van der Waals surface area (Å²) in [6.45, 7) is 5.01. The normalized spacial score (nSPS) is 12.0. The molecule has 2 heterocycles. The topological polar surface area (TPSA) is 75.5 Å². The smallest absolute Gasteiger partial charge is 0.335 e. The van der Waals surface area contributed by atoms with E-state index in [1.807, 2.05) is 62.5 Å². The molecule has 0 unspecified atom stereocenters. The van der Waals surface area contributed by atoms with E-state index in [4.69, 9.17) is 13.8 Å². The molecule has 0 aliphatic rings. The van der Waals surface area contributed by atoms with Crippen molar-refractivity contribution >= 4 is 29.5 Å². The first-order valence-corrected chi connectivity index (χ1v) is 12.0. The van der Waals surface area contributed by atoms with Crippen molar-refractivity contribution in [3.8, 4) is 5.75 Å². The Bertz CT molecular complexity index is 1230. The number of rotatable bonds is 9. The number of fused-ring (bicyclic) bond motifs is 3. The molecule has 0 radical (unpaired) electrons. The number of methoxy groups -OCH3 is 1. The predicted octanol–water partition coefficient (Wildman–Crippen LogP) is 5.41. The molecule has 4 aromatic rings. The van der Waals surface area contributed by atoms with Crippen LogP contribution in [0.2, 0.25) is 0 Å². The van der Waals surface area contributed by atoms with Gasteiger partial charge in [0, 0.05) is 11.9 Å². The Morgan fingerprint density at radius 1 is 0.968 bits per heavy atom. The van der Waals surface area contributed by atoms with E-state index in [9.17, 15) is 4.57 Å². The van der Waals surface area contributed by atoms with E-state index in [0.29, 0.717) is 19.8 Å². The van der Waals surface area contributed by atoms with Crippen LogP contribution in [-0.2, 0) is 26.3 Å². The van der Waals surface area contributed by atoms with Crippen molar-refractivity contribution in [1.82, 2.24) is 14.5 Å². The molecule has 0 saturated heterocycles. The number of aromatic nitrogens is 3. The molecule has 2 aromatic heterocycles. The Morgan fingerprint density at radius 3 is 2.35 bits per heavy atom. The minimum absolute atomic E-state index is 0.262. The molecule has 0 saturated carbocycles. The van der Waals surface area contributed by atoms with Crippen LogP contribution in [0.15, 0.2) is 55.0 Å². The first kappa shape index (κ1) is 21.5. The summed E-state index contributed by atoms with van der Waals surface area (Å²) in [5, 5.41) is 1.03. The van der Waals surface area contributed by atoms with Crippen LogP contribution in [-0.4, -0.2) is 34.9 Å². The lowest BCUT2D eigenvalue weighted by Crippen LogP contribution is -2.01. The third kappa shape index (κ3) is 4.49. The van der Waals surface area contributed by atoms with E-state index in [2.05, 4.69) is 14.5 Å². The molecule has 0 fully saturated rings. The van der Waals surface area contributed by atoms with E-state index >= 15 is 0 Å². The van der Waals surface area contributed by atoms with Gasteiger partial charge in [0.2, 0.25) is 0 Å². The minimum atomic E-state index is -3.12. The second-order valence-corrected chi connectivity index (χ2v) is 9.20. The van der Waals surface area contributed by atoms with E-state index in [1.54, 1.807) is 13.4 Å². The van der Waals surface area contributed by atoms with Crippen LogP contribution >= 0.6 is 7.60 Å². The molecule has 8 heteroatoms. The molecule has 0 bridgehead atoms. The van der Waals surface area contributed by atoms with Gasteiger partial charge in [0.25, 0.3) is 0 Å². The quantitative estimate of drug-likeness (QED) is 0.325. The van der Waals surface area contributed by atoms with Gasteiger partial charge in [-0.15, -0.1) is 0 Å². The number of ether oxygens (including phenoxy) is 1. The zero-order valence-corrected chi connectivity index (χ0v) is 18.8. The van der Waals surface area contributed by atoms with Crippen molar-refractivity contribution in [2.24, 2.45) is 0 Å². The molecule has 0 aliphatic heterocycles. The number of benzene rings is 2. The highest BCUT2D eigenvalue weighted by molar-refractivity contribution is 7.53. The van der Waals surface area contributed by atoms with E-state index < -0.39 is 7.60 Å². The maximum absolute atomic E-state index is 12.8. The van der Waals surface area contributed by atoms with Gasteiger partial charge in [-0.2, -0.15) is 0 Å². The van der Waals surface area contributed by atoms with E-state index in [0.717, 1.165) is 38.8 Å². The highest BCUT2D eigenvalue weighted by atomic mass is 31.2. The predicted molar refractivity (Wildman–Crippen MR) is 122 cm³/mol. The Morgan fingerprint density at radius 2 is 1.68 bits per heavy atom. The average Bonchev–Trinajstić information content (AvgIpc) is 3.08. The van der Waals surface area contributed by atoms with Crippen LogP contribution in [0.4, 0.5) is 0 Å². The summed E-state index contributed by atoms with van der Waals surface area (Å²) in [6, 6.07) is 14.0. The maximum atomic E-state index is 12.8. The molecule has 2 aromatic carbocycles. The molecule has 0 N–H and O–H groups in total. The monoisotopic (exact) mass is 439 g/mol. The van der Waals surface area contributed by atoms with Crippen molar-refractivity contribution in [2.45, 2.75) is 26.6 Å². The lowest BCUT2D eigenvalue weighted by Gasteiger charge is -2.17. The molecule has 0 spiro atoms. The molecule has 0 aliphatic carbocycles. The largest absolute Gasteiger partial charge is 0.497 e. The molecule has 0 atom stereocenters. The standard InChI is InChI=1S/C23H26N3O4P/c1-4-29-31(27,30-5-2)15-18-8-6-17(7-9-18)14-26-21-11-10-19(28-3)12-20(21)23-22(26)13-24-16-25-23/h6-13,16H,4-5,14-15H2,1-3H3. The summed E-state index contributed by atoms with van der Waals surface area (Å²) in [6.07, 6.45) is 3.66. The fraction of sp³-hybridized carbons (Fsp3) is 0.304. The Kier molecular flexibility index (Phi) is 6.37. The van der Waals surface area contributed by atoms with Crippen LogP contribution in [0, 0.1) is 0 Å². The van der Waals surface area contributed by atoms with Crippen molar-refractivity contribution in [3.05, 3.63) is 66.1 Å². The molecule has 4 rings (SSSR count). The average molecular weight is 439 g/mol. The van der Waals surface area contributed by atoms with Gasteiger partial charge in [-0.3, -0.25) is 4.57 Å². The second kappa shape index (κ2) is 9.18. The molecule has 31 heavy (non-hydrogen) atoms. The highest BCUT2D eigenvalue weighted by Gasteiger charge is 2.24. The second-order valence-electron chi connectivity index (χ2n) is 7.15. The van der Waals surface area contributed by atoms with E-state index in [1.165, 1.54) is 0 Å². The zero-order valence-electron chi connectivity index (χ0n) is 17.9. The van der Waals surface area contributed by atoms with Gasteiger partial charge in [-0.1, -0.05) is 24.3 Å². The van der Waals surface area contributed by atoms with Crippen molar-refractivity contribution in [3.63, 3.8) is 0 Å². The van der Waals surface area contributed by atoms with Gasteiger partial charge >= 0.3 is 7.60 Å². The first-order chi connectivity index (χ1) is 15.1. The minimum Gasteiger partial charge on any atom is -0.497 e. The summed E-state index contributed by atoms with van der Waals surface area (Å²) in [5.41, 5.74) is 4.97. The third-order valence-corrected chi connectivity index (χ3v) is 7.18. The summed E-state index contributed by atoms with van der Waals surface area (Å²) >= 11 is 0. The summed E-state index contributed by atoms with van der Waals surface area (Å²) in [4.78, 5) is 8.71. The van der Waals surface area contributed by atoms with Gasteiger partial charge in [0.05, 0.1) is 49.2 Å². The van der Waals surface area contributed by atoms with Gasteiger partial charge in [-0.05, 0) is 43.2 Å². The van der Waals surface area contributed by atoms with Gasteiger partial charge in [-0.25, -0.2) is 9.97 Å². The van der Waals surface area contributed by atoms with Gasteiger partial charge in [0.15, 0.2) is 0 Å². The zero-order chi connectivity index (χ0) is 21.8. The van der Waals surface area contributed by atoms with Crippen LogP contribution in [0.1, 0.15) is 25.0 Å². The number of hydrogen-bond acceptors (Lipinski definition) is 6. The fourth-order valence-corrected chi connectivity index (χ4v) is 5.47. The molecule has 162 valence electrons. The molecule has 0 amide bonds. The molecular weight excluding hydrogens is 413 g/mol. The maximum Gasteiger partial charge on any atom is 0.335 e. The first-order valence-electron chi connectivity index (χ1n) is 10.3. The summed E-state index contributed by atoms with van der Waals surface area (Å²) in [7, 11) is -1.46. The third-order valence-electron chi connectivity index (χ3n) is 5.12. The van der Waals surface area contributed by atoms with Gasteiger partial charge < -0.3 is 18.4 Å². The Labute approximate surface area is 181 Å². The van der Waals surface area contributed by atoms with Crippen molar-refractivity contribution in [1.29, 1.82) is 0 Å². The number of nitrogens with zero attached hydrogens (tertiary/aromatic N) is 3. The van der Waals surface area contributed by atoms with Crippen LogP contribution in [0.25, 0.3) is 21.9 Å². The van der Waals surface area contributed by atoms with E-state index in [-0.39, 0.29) is 6.16 Å².